The zero-order chi connectivity index (χ0) is 14.6. The Morgan fingerprint density at radius 3 is 2.53 bits per heavy atom. The number of hydrogen-bond acceptors (Lipinski definition) is 4. The number of ether oxygens (including phenoxy) is 1. The maximum atomic E-state index is 11.6. The lowest BCUT2D eigenvalue weighted by molar-refractivity contribution is -0.116. The number of sulfonamides is 1. The van der Waals surface area contributed by atoms with Gasteiger partial charge in [0.15, 0.2) is 0 Å². The van der Waals surface area contributed by atoms with Gasteiger partial charge in [-0.25, -0.2) is 13.6 Å². The molecule has 6 nitrogen and oxygen atoms in total. The zero-order valence-electron chi connectivity index (χ0n) is 11.1. The number of amides is 1. The van der Waals surface area contributed by atoms with Crippen molar-refractivity contribution in [3.8, 4) is 5.75 Å². The maximum absolute atomic E-state index is 11.6. The average Bonchev–Trinajstić information content (AvgIpc) is 2.25. The minimum atomic E-state index is -3.85. The Morgan fingerprint density at radius 1 is 1.42 bits per heavy atom. The fourth-order valence-electron chi connectivity index (χ4n) is 1.56. The van der Waals surface area contributed by atoms with E-state index in [0.29, 0.717) is 12.1 Å². The fraction of sp³-hybridized carbons (Fsp3) is 0.417. The SMILES string of the molecule is COc1cc(NC(=O)CC(C)C)ccc1S(N)(=O)=O. The van der Waals surface area contributed by atoms with Crippen LogP contribution in [0.5, 0.6) is 5.75 Å². The van der Waals surface area contributed by atoms with Crippen LogP contribution in [-0.4, -0.2) is 21.4 Å². The van der Waals surface area contributed by atoms with Crippen LogP contribution in [-0.2, 0) is 14.8 Å². The summed E-state index contributed by atoms with van der Waals surface area (Å²) in [5, 5.41) is 7.73. The van der Waals surface area contributed by atoms with Gasteiger partial charge in [-0.2, -0.15) is 0 Å². The van der Waals surface area contributed by atoms with Gasteiger partial charge in [0.25, 0.3) is 0 Å². The summed E-state index contributed by atoms with van der Waals surface area (Å²) >= 11 is 0. The lowest BCUT2D eigenvalue weighted by atomic mass is 10.1. The van der Waals surface area contributed by atoms with E-state index in [0.717, 1.165) is 0 Å². The van der Waals surface area contributed by atoms with Crippen molar-refractivity contribution in [1.29, 1.82) is 0 Å². The van der Waals surface area contributed by atoms with E-state index in [2.05, 4.69) is 5.32 Å². The van der Waals surface area contributed by atoms with Crippen LogP contribution < -0.4 is 15.2 Å². The normalized spacial score (nSPS) is 11.4. The smallest absolute Gasteiger partial charge is 0.241 e. The van der Waals surface area contributed by atoms with Crippen molar-refractivity contribution in [1.82, 2.24) is 0 Å². The number of carbonyl (C=O) groups excluding carboxylic acids is 1. The minimum absolute atomic E-state index is 0.102. The first kappa shape index (κ1) is 15.5. The Labute approximate surface area is 113 Å². The molecule has 0 fully saturated rings. The van der Waals surface area contributed by atoms with E-state index in [1.54, 1.807) is 0 Å². The minimum Gasteiger partial charge on any atom is -0.495 e. The van der Waals surface area contributed by atoms with Gasteiger partial charge in [0, 0.05) is 18.2 Å². The number of hydrogen-bond donors (Lipinski definition) is 2. The van der Waals surface area contributed by atoms with Gasteiger partial charge in [0.2, 0.25) is 15.9 Å². The van der Waals surface area contributed by atoms with E-state index in [1.807, 2.05) is 13.8 Å². The molecule has 0 unspecified atom stereocenters. The second-order valence-electron chi connectivity index (χ2n) is 4.56. The van der Waals surface area contributed by atoms with E-state index >= 15 is 0 Å². The number of primary sulfonamides is 1. The van der Waals surface area contributed by atoms with Crippen LogP contribution in [0, 0.1) is 5.92 Å². The van der Waals surface area contributed by atoms with Gasteiger partial charge >= 0.3 is 0 Å². The van der Waals surface area contributed by atoms with Crippen LogP contribution in [0.4, 0.5) is 5.69 Å². The summed E-state index contributed by atoms with van der Waals surface area (Å²) in [4.78, 5) is 11.5. The molecule has 0 saturated carbocycles. The first-order valence-corrected chi connectivity index (χ1v) is 7.29. The van der Waals surface area contributed by atoms with E-state index in [9.17, 15) is 13.2 Å². The molecule has 19 heavy (non-hydrogen) atoms. The van der Waals surface area contributed by atoms with E-state index < -0.39 is 10.0 Å². The molecule has 0 bridgehead atoms. The summed E-state index contributed by atoms with van der Waals surface area (Å²) in [5.74, 6) is 0.204. The number of benzene rings is 1. The van der Waals surface area contributed by atoms with Crippen molar-refractivity contribution < 1.29 is 17.9 Å². The van der Waals surface area contributed by atoms with Crippen LogP contribution in [0.1, 0.15) is 20.3 Å². The quantitative estimate of drug-likeness (QED) is 0.853. The molecule has 1 aromatic rings. The molecule has 0 saturated heterocycles. The summed E-state index contributed by atoms with van der Waals surface area (Å²) < 4.78 is 27.6. The third-order valence-corrected chi connectivity index (χ3v) is 3.30. The highest BCUT2D eigenvalue weighted by atomic mass is 32.2. The van der Waals surface area contributed by atoms with Crippen molar-refractivity contribution in [2.24, 2.45) is 11.1 Å². The highest BCUT2D eigenvalue weighted by molar-refractivity contribution is 7.89. The van der Waals surface area contributed by atoms with E-state index in [4.69, 9.17) is 9.88 Å². The van der Waals surface area contributed by atoms with Gasteiger partial charge < -0.3 is 10.1 Å². The number of nitrogens with two attached hydrogens (primary N) is 1. The molecule has 106 valence electrons. The molecule has 0 aliphatic carbocycles. The molecule has 1 amide bonds. The average molecular weight is 286 g/mol. The van der Waals surface area contributed by atoms with Crippen molar-refractivity contribution in [2.75, 3.05) is 12.4 Å². The van der Waals surface area contributed by atoms with Gasteiger partial charge in [-0.3, -0.25) is 4.79 Å². The first-order valence-electron chi connectivity index (χ1n) is 5.74. The second kappa shape index (κ2) is 6.03. The fourth-order valence-corrected chi connectivity index (χ4v) is 2.24. The van der Waals surface area contributed by atoms with Crippen LogP contribution in [0.15, 0.2) is 23.1 Å². The summed E-state index contributed by atoms with van der Waals surface area (Å²) in [6.45, 7) is 3.87. The first-order chi connectivity index (χ1) is 8.74. The van der Waals surface area contributed by atoms with E-state index in [-0.39, 0.29) is 22.5 Å². The number of anilines is 1. The Kier molecular flexibility index (Phi) is 4.90. The molecule has 0 spiro atoms. The topological polar surface area (TPSA) is 98.5 Å². The summed E-state index contributed by atoms with van der Waals surface area (Å²) in [7, 11) is -2.51. The molecule has 0 radical (unpaired) electrons. The van der Waals surface area contributed by atoms with Gasteiger partial charge in [-0.05, 0) is 18.1 Å². The Balaban J connectivity index is 2.98. The highest BCUT2D eigenvalue weighted by Crippen LogP contribution is 2.26. The highest BCUT2D eigenvalue weighted by Gasteiger charge is 2.16. The number of carbonyl (C=O) groups is 1. The lowest BCUT2D eigenvalue weighted by Crippen LogP contribution is -2.16. The van der Waals surface area contributed by atoms with Crippen LogP contribution in [0.3, 0.4) is 0 Å². The number of rotatable bonds is 5. The van der Waals surface area contributed by atoms with Crippen LogP contribution in [0.25, 0.3) is 0 Å². The molecule has 3 N–H and O–H groups in total. The molecule has 0 aromatic heterocycles. The molecular formula is C12H18N2O4S. The molecule has 0 atom stereocenters. The van der Waals surface area contributed by atoms with Crippen molar-refractivity contribution >= 4 is 21.6 Å². The predicted molar refractivity (Wildman–Crippen MR) is 72.5 cm³/mol. The molecule has 1 aromatic carbocycles. The van der Waals surface area contributed by atoms with Gasteiger partial charge in [-0.1, -0.05) is 13.8 Å². The molecule has 7 heteroatoms. The number of nitrogens with one attached hydrogen (secondary N) is 1. The zero-order valence-corrected chi connectivity index (χ0v) is 12.0. The van der Waals surface area contributed by atoms with Crippen molar-refractivity contribution in [3.63, 3.8) is 0 Å². The molecule has 0 aliphatic rings. The largest absolute Gasteiger partial charge is 0.495 e. The maximum Gasteiger partial charge on any atom is 0.241 e. The standard InChI is InChI=1S/C12H18N2O4S/c1-8(2)6-12(15)14-9-4-5-11(19(13,16)17)10(7-9)18-3/h4-5,7-8H,6H2,1-3H3,(H,14,15)(H2,13,16,17). The second-order valence-corrected chi connectivity index (χ2v) is 6.09. The molecular weight excluding hydrogens is 268 g/mol. The predicted octanol–water partition coefficient (Wildman–Crippen LogP) is 1.33. The van der Waals surface area contributed by atoms with Crippen LogP contribution >= 0.6 is 0 Å². The van der Waals surface area contributed by atoms with Crippen molar-refractivity contribution in [3.05, 3.63) is 18.2 Å². The van der Waals surface area contributed by atoms with E-state index in [1.165, 1.54) is 25.3 Å². The summed E-state index contributed by atoms with van der Waals surface area (Å²) in [6, 6.07) is 4.21. The third kappa shape index (κ3) is 4.53. The van der Waals surface area contributed by atoms with Crippen molar-refractivity contribution in [2.45, 2.75) is 25.2 Å². The Morgan fingerprint density at radius 2 is 2.05 bits per heavy atom. The lowest BCUT2D eigenvalue weighted by Gasteiger charge is -2.11. The molecule has 1 rings (SSSR count). The van der Waals surface area contributed by atoms with Gasteiger partial charge in [0.05, 0.1) is 7.11 Å². The Hall–Kier alpha value is -1.60. The summed E-state index contributed by atoms with van der Waals surface area (Å²) in [6.07, 6.45) is 0.388. The van der Waals surface area contributed by atoms with Crippen LogP contribution in [0.2, 0.25) is 0 Å². The summed E-state index contributed by atoms with van der Waals surface area (Å²) in [5.41, 5.74) is 0.468. The Bertz CT molecular complexity index is 567. The monoisotopic (exact) mass is 286 g/mol. The van der Waals surface area contributed by atoms with Gasteiger partial charge in [0.1, 0.15) is 10.6 Å². The molecule has 0 aliphatic heterocycles. The third-order valence-electron chi connectivity index (χ3n) is 2.35. The molecule has 0 heterocycles. The number of methoxy groups -OCH3 is 1. The van der Waals surface area contributed by atoms with Gasteiger partial charge in [-0.15, -0.1) is 0 Å².